The number of hydrogen-bond donors (Lipinski definition) is 0. The summed E-state index contributed by atoms with van der Waals surface area (Å²) in [5, 5.41) is 1.83. The maximum Gasteiger partial charge on any atom is 0.346 e. The predicted octanol–water partition coefficient (Wildman–Crippen LogP) is 7.47. The Hall–Kier alpha value is -2.07. The van der Waals surface area contributed by atoms with Crippen LogP contribution in [0.2, 0.25) is 0 Å². The van der Waals surface area contributed by atoms with E-state index in [4.69, 9.17) is 31.6 Å². The van der Waals surface area contributed by atoms with Gasteiger partial charge in [-0.05, 0) is 0 Å². The Kier molecular flexibility index (Phi) is 9.82. The second kappa shape index (κ2) is 12.6. The molecule has 7 nitrogen and oxygen atoms in total. The smallest absolute Gasteiger partial charge is 0.302 e. The number of nitrogens with zero attached hydrogens (tertiary/aromatic N) is 3. The normalized spacial score (nSPS) is 17.3. The van der Waals surface area contributed by atoms with Gasteiger partial charge in [-0.2, -0.15) is 9.03 Å². The molecular formula is C24H30N3O4P3. The molecule has 1 aliphatic heterocycles. The quantitative estimate of drug-likeness (QED) is 0.192. The highest BCUT2D eigenvalue weighted by molar-refractivity contribution is 7.89. The molecule has 0 unspecified atom stereocenters. The van der Waals surface area contributed by atoms with Crippen molar-refractivity contribution in [2.75, 3.05) is 26.4 Å². The summed E-state index contributed by atoms with van der Waals surface area (Å²) in [4.78, 5) is 0. The van der Waals surface area contributed by atoms with Crippen LogP contribution >= 0.6 is 22.5 Å². The van der Waals surface area contributed by atoms with E-state index in [1.807, 2.05) is 60.7 Å². The Labute approximate surface area is 202 Å². The first-order valence-corrected chi connectivity index (χ1v) is 15.4. The average molecular weight is 517 g/mol. The molecule has 0 aliphatic carbocycles. The maximum atomic E-state index is 6.21. The van der Waals surface area contributed by atoms with Crippen molar-refractivity contribution in [3.8, 4) is 0 Å². The first-order valence-electron chi connectivity index (χ1n) is 10.6. The van der Waals surface area contributed by atoms with Gasteiger partial charge < -0.3 is 18.1 Å². The van der Waals surface area contributed by atoms with E-state index in [0.717, 1.165) is 10.6 Å². The van der Waals surface area contributed by atoms with Crippen LogP contribution in [0.4, 0.5) is 0 Å². The van der Waals surface area contributed by atoms with Gasteiger partial charge in [0.05, 0.1) is 26.4 Å². The first kappa shape index (κ1) is 26.5. The monoisotopic (exact) mass is 517 g/mol. The summed E-state index contributed by atoms with van der Waals surface area (Å²) in [7, 11) is -9.45. The fourth-order valence-corrected chi connectivity index (χ4v) is 14.3. The number of rotatable bonds is 14. The highest BCUT2D eigenvalue weighted by Gasteiger charge is 2.42. The van der Waals surface area contributed by atoms with Crippen LogP contribution in [0.5, 0.6) is 0 Å². The summed E-state index contributed by atoms with van der Waals surface area (Å²) < 4.78 is 40.2. The number of benzene rings is 2. The third kappa shape index (κ3) is 6.13. The van der Waals surface area contributed by atoms with E-state index in [1.165, 1.54) is 0 Å². The molecule has 0 atom stereocenters. The lowest BCUT2D eigenvalue weighted by Gasteiger charge is -2.34. The Morgan fingerprint density at radius 3 is 1.24 bits per heavy atom. The van der Waals surface area contributed by atoms with Crippen molar-refractivity contribution in [2.24, 2.45) is 13.5 Å². The lowest BCUT2D eigenvalue weighted by Crippen LogP contribution is -2.17. The predicted molar refractivity (Wildman–Crippen MR) is 145 cm³/mol. The van der Waals surface area contributed by atoms with Crippen molar-refractivity contribution < 1.29 is 18.1 Å². The Morgan fingerprint density at radius 1 is 0.529 bits per heavy atom. The molecule has 2 aromatic rings. The third-order valence-corrected chi connectivity index (χ3v) is 14.1. The zero-order valence-electron chi connectivity index (χ0n) is 19.1. The molecule has 0 fully saturated rings. The molecule has 3 rings (SSSR count). The molecule has 0 saturated heterocycles. The lowest BCUT2D eigenvalue weighted by atomic mass is 10.4. The molecule has 0 bridgehead atoms. The van der Waals surface area contributed by atoms with Crippen LogP contribution in [-0.2, 0) is 18.1 Å². The molecule has 10 heteroatoms. The second-order valence-electron chi connectivity index (χ2n) is 6.86. The first-order chi connectivity index (χ1) is 16.6. The van der Waals surface area contributed by atoms with Crippen LogP contribution in [-0.4, -0.2) is 26.4 Å². The van der Waals surface area contributed by atoms with Crippen LogP contribution in [0.3, 0.4) is 0 Å². The van der Waals surface area contributed by atoms with Crippen LogP contribution in [0, 0.1) is 0 Å². The summed E-state index contributed by atoms with van der Waals surface area (Å²) in [6, 6.07) is 19.8. The van der Waals surface area contributed by atoms with Gasteiger partial charge in [-0.15, -0.1) is 30.8 Å². The molecule has 2 aromatic carbocycles. The van der Waals surface area contributed by atoms with Gasteiger partial charge in [0, 0.05) is 10.6 Å². The van der Waals surface area contributed by atoms with Crippen molar-refractivity contribution in [1.82, 2.24) is 0 Å². The van der Waals surface area contributed by atoms with E-state index in [9.17, 15) is 0 Å². The summed E-state index contributed by atoms with van der Waals surface area (Å²) in [6.07, 6.45) is 6.54. The Bertz CT molecular complexity index is 1080. The van der Waals surface area contributed by atoms with Gasteiger partial charge in [0.25, 0.3) is 0 Å². The minimum Gasteiger partial charge on any atom is -0.302 e. The molecule has 0 N–H and O–H groups in total. The molecule has 0 amide bonds. The summed E-state index contributed by atoms with van der Waals surface area (Å²) in [5.41, 5.74) is 0. The Balaban J connectivity index is 2.48. The van der Waals surface area contributed by atoms with Crippen LogP contribution in [0.25, 0.3) is 0 Å². The van der Waals surface area contributed by atoms with Gasteiger partial charge >= 0.3 is 15.3 Å². The molecule has 1 aliphatic rings. The van der Waals surface area contributed by atoms with Gasteiger partial charge in [-0.1, -0.05) is 85.0 Å². The maximum absolute atomic E-state index is 6.21. The molecule has 34 heavy (non-hydrogen) atoms. The Morgan fingerprint density at radius 2 is 0.882 bits per heavy atom. The highest BCUT2D eigenvalue weighted by atomic mass is 31.3. The van der Waals surface area contributed by atoms with E-state index in [1.54, 1.807) is 24.3 Å². The topological polar surface area (TPSA) is 74.0 Å². The largest absolute Gasteiger partial charge is 0.346 e. The molecule has 0 saturated carbocycles. The van der Waals surface area contributed by atoms with Crippen molar-refractivity contribution in [3.05, 3.63) is 111 Å². The van der Waals surface area contributed by atoms with E-state index >= 15 is 0 Å². The fraction of sp³-hybridized carbons (Fsp3) is 0.167. The molecule has 1 heterocycles. The zero-order valence-corrected chi connectivity index (χ0v) is 21.7. The van der Waals surface area contributed by atoms with E-state index in [2.05, 4.69) is 26.3 Å². The van der Waals surface area contributed by atoms with Crippen LogP contribution < -0.4 is 10.6 Å². The van der Waals surface area contributed by atoms with Gasteiger partial charge in [-0.3, -0.25) is 0 Å². The number of hydrogen-bond acceptors (Lipinski definition) is 7. The molecule has 180 valence electrons. The molecule has 0 spiro atoms. The summed E-state index contributed by atoms with van der Waals surface area (Å²) >= 11 is 0. The second-order valence-corrected chi connectivity index (χ2v) is 14.2. The van der Waals surface area contributed by atoms with Crippen molar-refractivity contribution in [3.63, 3.8) is 0 Å². The van der Waals surface area contributed by atoms with E-state index < -0.39 is 22.5 Å². The van der Waals surface area contributed by atoms with E-state index in [-0.39, 0.29) is 26.4 Å². The minimum atomic E-state index is -3.28. The van der Waals surface area contributed by atoms with Gasteiger partial charge in [0.15, 0.2) is 0 Å². The zero-order chi connectivity index (χ0) is 24.3. The van der Waals surface area contributed by atoms with Crippen molar-refractivity contribution in [1.29, 1.82) is 0 Å². The minimum absolute atomic E-state index is 0.185. The fourth-order valence-electron chi connectivity index (χ4n) is 3.03. The molecular weight excluding hydrogens is 487 g/mol. The van der Waals surface area contributed by atoms with Crippen molar-refractivity contribution in [2.45, 2.75) is 0 Å². The van der Waals surface area contributed by atoms with Gasteiger partial charge in [0.2, 0.25) is 0 Å². The van der Waals surface area contributed by atoms with Crippen LogP contribution in [0.1, 0.15) is 0 Å². The third-order valence-electron chi connectivity index (χ3n) is 4.39. The molecule has 0 radical (unpaired) electrons. The van der Waals surface area contributed by atoms with Crippen molar-refractivity contribution >= 4 is 33.1 Å². The van der Waals surface area contributed by atoms with Crippen LogP contribution in [0.15, 0.2) is 125 Å². The summed E-state index contributed by atoms with van der Waals surface area (Å²) in [6.45, 7) is 15.9. The van der Waals surface area contributed by atoms with Gasteiger partial charge in [-0.25, -0.2) is 0 Å². The van der Waals surface area contributed by atoms with Gasteiger partial charge in [0.1, 0.15) is 7.21 Å². The highest BCUT2D eigenvalue weighted by Crippen LogP contribution is 2.79. The SMILES string of the molecule is C=CCOP1(OCC=C)=NP(OCC=C)(OCC=C)=NP(c2ccccc2)(c2ccccc2)=N1. The molecule has 0 aromatic heterocycles. The standard InChI is InChI=1S/C24H30N3O4P3/c1-5-19-28-33(29-20-6-2)25-32(23-15-11-9-12-16-23,24-17-13-10-14-18-24)26-34(27-33,30-21-7-3)31-22-8-4/h5-18H,1-4,19-22H2. The lowest BCUT2D eigenvalue weighted by molar-refractivity contribution is 0.267. The van der Waals surface area contributed by atoms with E-state index in [0.29, 0.717) is 0 Å². The summed E-state index contributed by atoms with van der Waals surface area (Å²) in [5.74, 6) is 0. The average Bonchev–Trinajstić information content (AvgIpc) is 2.89.